The highest BCUT2D eigenvalue weighted by Gasteiger charge is 2.09. The first kappa shape index (κ1) is 10.2. The molecule has 0 aliphatic rings. The molecular weight excluding hydrogens is 206 g/mol. The van der Waals surface area contributed by atoms with E-state index in [1.54, 1.807) is 11.8 Å². The molecule has 0 bridgehead atoms. The van der Waals surface area contributed by atoms with Crippen LogP contribution >= 0.6 is 11.8 Å². The van der Waals surface area contributed by atoms with Crippen LogP contribution in [0.4, 0.5) is 0 Å². The Morgan fingerprint density at radius 2 is 2.00 bits per heavy atom. The maximum atomic E-state index is 4.27. The molecule has 0 radical (unpaired) electrons. The van der Waals surface area contributed by atoms with Crippen molar-refractivity contribution < 1.29 is 0 Å². The summed E-state index contributed by atoms with van der Waals surface area (Å²) in [6.45, 7) is 4.07. The Balaban J connectivity index is 2.07. The number of hydrogen-bond donors (Lipinski definition) is 1. The normalized spacial score (nSPS) is 12.7. The summed E-state index contributed by atoms with van der Waals surface area (Å²) in [6.07, 6.45) is 0. The average molecular weight is 219 g/mol. The minimum Gasteiger partial charge on any atom is -0.262 e. The summed E-state index contributed by atoms with van der Waals surface area (Å²) in [6, 6.07) is 10.4. The number of benzene rings is 1. The van der Waals surface area contributed by atoms with Crippen LogP contribution in [0.15, 0.2) is 35.5 Å². The number of nitrogens with one attached hydrogen (secondary N) is 1. The Labute approximate surface area is 93.3 Å². The molecule has 0 saturated heterocycles. The fourth-order valence-corrected chi connectivity index (χ4v) is 2.22. The zero-order valence-electron chi connectivity index (χ0n) is 8.77. The van der Waals surface area contributed by atoms with Crippen LogP contribution in [0.3, 0.4) is 0 Å². The fraction of sp³-hybridized carbons (Fsp3) is 0.273. The molecule has 3 nitrogen and oxygen atoms in total. The Morgan fingerprint density at radius 3 is 2.60 bits per heavy atom. The molecular formula is C11H13N3S. The summed E-state index contributed by atoms with van der Waals surface area (Å²) >= 11 is 1.66. The van der Waals surface area contributed by atoms with Gasteiger partial charge in [-0.3, -0.25) is 5.10 Å². The Kier molecular flexibility index (Phi) is 3.06. The molecule has 2 aromatic rings. The summed E-state index contributed by atoms with van der Waals surface area (Å²) in [5, 5.41) is 8.14. The van der Waals surface area contributed by atoms with Gasteiger partial charge in [-0.15, -0.1) is 5.10 Å². The highest BCUT2D eigenvalue weighted by atomic mass is 32.2. The zero-order valence-corrected chi connectivity index (χ0v) is 9.58. The molecule has 0 amide bonds. The van der Waals surface area contributed by atoms with Gasteiger partial charge >= 0.3 is 0 Å². The average Bonchev–Trinajstić information content (AvgIpc) is 2.65. The lowest BCUT2D eigenvalue weighted by Gasteiger charge is -2.07. The van der Waals surface area contributed by atoms with Crippen LogP contribution in [0.2, 0.25) is 0 Å². The molecule has 78 valence electrons. The van der Waals surface area contributed by atoms with Gasteiger partial charge < -0.3 is 0 Å². The van der Waals surface area contributed by atoms with Crippen LogP contribution in [0.1, 0.15) is 23.6 Å². The molecule has 0 saturated carbocycles. The van der Waals surface area contributed by atoms with Gasteiger partial charge in [-0.25, -0.2) is 4.98 Å². The summed E-state index contributed by atoms with van der Waals surface area (Å²) < 4.78 is 0. The third-order valence-corrected chi connectivity index (χ3v) is 3.15. The first-order valence-corrected chi connectivity index (χ1v) is 5.74. The van der Waals surface area contributed by atoms with Crippen molar-refractivity contribution in [3.05, 3.63) is 41.7 Å². The molecule has 0 aliphatic heterocycles. The van der Waals surface area contributed by atoms with Crippen LogP contribution in [-0.4, -0.2) is 15.2 Å². The van der Waals surface area contributed by atoms with Gasteiger partial charge in [0.05, 0.1) is 0 Å². The number of aryl methyl sites for hydroxylation is 1. The van der Waals surface area contributed by atoms with E-state index in [-0.39, 0.29) is 0 Å². The first-order valence-electron chi connectivity index (χ1n) is 4.86. The maximum absolute atomic E-state index is 4.27. The molecule has 0 aliphatic carbocycles. The van der Waals surface area contributed by atoms with Crippen molar-refractivity contribution in [3.8, 4) is 0 Å². The van der Waals surface area contributed by atoms with Gasteiger partial charge in [0.15, 0.2) is 0 Å². The molecule has 1 heterocycles. The lowest BCUT2D eigenvalue weighted by atomic mass is 10.2. The van der Waals surface area contributed by atoms with E-state index in [1.165, 1.54) is 5.56 Å². The minimum atomic E-state index is 0.376. The van der Waals surface area contributed by atoms with Crippen LogP contribution in [0.25, 0.3) is 0 Å². The van der Waals surface area contributed by atoms with Crippen molar-refractivity contribution in [2.75, 3.05) is 0 Å². The minimum absolute atomic E-state index is 0.376. The van der Waals surface area contributed by atoms with E-state index in [2.05, 4.69) is 46.4 Å². The molecule has 15 heavy (non-hydrogen) atoms. The highest BCUT2D eigenvalue weighted by Crippen LogP contribution is 2.32. The lowest BCUT2D eigenvalue weighted by molar-refractivity contribution is 0.957. The van der Waals surface area contributed by atoms with Gasteiger partial charge in [0.2, 0.25) is 5.16 Å². The quantitative estimate of drug-likeness (QED) is 0.807. The standard InChI is InChI=1S/C11H13N3S/c1-8(10-6-4-3-5-7-10)15-11-12-9(2)13-14-11/h3-8H,1-2H3,(H,12,13,14). The number of hydrogen-bond acceptors (Lipinski definition) is 3. The van der Waals surface area contributed by atoms with Crippen molar-refractivity contribution in [3.63, 3.8) is 0 Å². The van der Waals surface area contributed by atoms with Crippen LogP contribution in [-0.2, 0) is 0 Å². The molecule has 0 fully saturated rings. The van der Waals surface area contributed by atoms with Crippen LogP contribution in [0, 0.1) is 6.92 Å². The SMILES string of the molecule is Cc1nc(SC(C)c2ccccc2)n[nH]1. The zero-order chi connectivity index (χ0) is 10.7. The topological polar surface area (TPSA) is 41.6 Å². The van der Waals surface area contributed by atoms with E-state index in [0.717, 1.165) is 11.0 Å². The third kappa shape index (κ3) is 2.59. The predicted molar refractivity (Wildman–Crippen MR) is 61.8 cm³/mol. The molecule has 1 aromatic carbocycles. The second kappa shape index (κ2) is 4.49. The van der Waals surface area contributed by atoms with Gasteiger partial charge in [0.25, 0.3) is 0 Å². The predicted octanol–water partition coefficient (Wildman–Crippen LogP) is 2.97. The van der Waals surface area contributed by atoms with Gasteiger partial charge in [-0.1, -0.05) is 42.1 Å². The molecule has 2 rings (SSSR count). The maximum Gasteiger partial charge on any atom is 0.209 e. The van der Waals surface area contributed by atoms with E-state index in [9.17, 15) is 0 Å². The van der Waals surface area contributed by atoms with E-state index >= 15 is 0 Å². The highest BCUT2D eigenvalue weighted by molar-refractivity contribution is 7.99. The summed E-state index contributed by atoms with van der Waals surface area (Å²) in [7, 11) is 0. The summed E-state index contributed by atoms with van der Waals surface area (Å²) in [5.74, 6) is 0.859. The number of thioether (sulfide) groups is 1. The summed E-state index contributed by atoms with van der Waals surface area (Å²) in [4.78, 5) is 4.27. The molecule has 1 atom stereocenters. The number of rotatable bonds is 3. The fourth-order valence-electron chi connectivity index (χ4n) is 1.33. The monoisotopic (exact) mass is 219 g/mol. The van der Waals surface area contributed by atoms with Gasteiger partial charge in [0.1, 0.15) is 5.82 Å². The third-order valence-electron chi connectivity index (χ3n) is 2.13. The van der Waals surface area contributed by atoms with E-state index in [4.69, 9.17) is 0 Å². The Hall–Kier alpha value is -1.29. The van der Waals surface area contributed by atoms with Gasteiger partial charge in [-0.05, 0) is 19.4 Å². The van der Waals surface area contributed by atoms with E-state index in [0.29, 0.717) is 5.25 Å². The van der Waals surface area contributed by atoms with Crippen molar-refractivity contribution in [2.24, 2.45) is 0 Å². The van der Waals surface area contributed by atoms with E-state index < -0.39 is 0 Å². The van der Waals surface area contributed by atoms with Crippen molar-refractivity contribution in [2.45, 2.75) is 24.3 Å². The number of H-pyrrole nitrogens is 1. The Bertz CT molecular complexity index is 424. The van der Waals surface area contributed by atoms with Crippen molar-refractivity contribution >= 4 is 11.8 Å². The van der Waals surface area contributed by atoms with E-state index in [1.807, 2.05) is 13.0 Å². The second-order valence-corrected chi connectivity index (χ2v) is 4.68. The number of nitrogens with zero attached hydrogens (tertiary/aromatic N) is 2. The van der Waals surface area contributed by atoms with Crippen molar-refractivity contribution in [1.29, 1.82) is 0 Å². The smallest absolute Gasteiger partial charge is 0.209 e. The van der Waals surface area contributed by atoms with Gasteiger partial charge in [-0.2, -0.15) is 0 Å². The molecule has 1 N–H and O–H groups in total. The molecule has 1 unspecified atom stereocenters. The van der Waals surface area contributed by atoms with Crippen molar-refractivity contribution in [1.82, 2.24) is 15.2 Å². The molecule has 4 heteroatoms. The lowest BCUT2D eigenvalue weighted by Crippen LogP contribution is -1.88. The number of aromatic amines is 1. The Morgan fingerprint density at radius 1 is 1.27 bits per heavy atom. The molecule has 0 spiro atoms. The number of aromatic nitrogens is 3. The van der Waals surface area contributed by atoms with Crippen LogP contribution < -0.4 is 0 Å². The summed E-state index contributed by atoms with van der Waals surface area (Å²) in [5.41, 5.74) is 1.30. The second-order valence-electron chi connectivity index (χ2n) is 3.37. The largest absolute Gasteiger partial charge is 0.262 e. The van der Waals surface area contributed by atoms with Crippen LogP contribution in [0.5, 0.6) is 0 Å². The molecule has 1 aromatic heterocycles. The first-order chi connectivity index (χ1) is 7.25. The van der Waals surface area contributed by atoms with Gasteiger partial charge in [0, 0.05) is 5.25 Å².